The molecular formula is C15H20BrNO4S. The van der Waals surface area contributed by atoms with Crippen molar-refractivity contribution in [3.63, 3.8) is 0 Å². The molecule has 1 aromatic rings. The Balaban J connectivity index is 2.22. The molecule has 0 unspecified atom stereocenters. The van der Waals surface area contributed by atoms with Gasteiger partial charge in [-0.2, -0.15) is 0 Å². The molecule has 7 heteroatoms. The number of hydrogen-bond acceptors (Lipinski definition) is 4. The van der Waals surface area contributed by atoms with Gasteiger partial charge in [-0.3, -0.25) is 4.79 Å². The number of nitrogens with one attached hydrogen (secondary N) is 1. The van der Waals surface area contributed by atoms with E-state index in [-0.39, 0.29) is 12.0 Å². The maximum absolute atomic E-state index is 12.3. The van der Waals surface area contributed by atoms with Crippen molar-refractivity contribution in [1.29, 1.82) is 0 Å². The molecule has 1 aromatic carbocycles. The zero-order valence-corrected chi connectivity index (χ0v) is 15.0. The van der Waals surface area contributed by atoms with E-state index in [1.807, 2.05) is 24.3 Å². The van der Waals surface area contributed by atoms with Crippen LogP contribution in [0.5, 0.6) is 0 Å². The van der Waals surface area contributed by atoms with Crippen molar-refractivity contribution < 1.29 is 17.9 Å². The maximum atomic E-state index is 12.3. The normalized spacial score (nSPS) is 25.1. The van der Waals surface area contributed by atoms with E-state index in [9.17, 15) is 13.2 Å². The molecule has 1 N–H and O–H groups in total. The zero-order chi connectivity index (χ0) is 16.4. The van der Waals surface area contributed by atoms with Crippen molar-refractivity contribution >= 4 is 31.9 Å². The molecule has 1 aliphatic rings. The fourth-order valence-electron chi connectivity index (χ4n) is 3.20. The second-order valence-corrected chi connectivity index (χ2v) is 8.60. The summed E-state index contributed by atoms with van der Waals surface area (Å²) >= 11 is 3.43. The van der Waals surface area contributed by atoms with E-state index >= 15 is 0 Å². The third-order valence-electron chi connectivity index (χ3n) is 4.04. The topological polar surface area (TPSA) is 72.5 Å². The molecule has 0 radical (unpaired) electrons. The molecule has 22 heavy (non-hydrogen) atoms. The standard InChI is InChI=1S/C15H20BrNO4S/c1-21-14(18)15(9-11-4-3-5-12(16)8-11)7-6-13(10-15)17-22(2,19)20/h3-5,8,13,17H,6-7,9-10H2,1-2H3/t13-,15+/m0/s1. The highest BCUT2D eigenvalue weighted by molar-refractivity contribution is 9.10. The summed E-state index contributed by atoms with van der Waals surface area (Å²) in [7, 11) is -1.90. The summed E-state index contributed by atoms with van der Waals surface area (Å²) in [6, 6.07) is 7.57. The summed E-state index contributed by atoms with van der Waals surface area (Å²) < 4.78 is 31.4. The van der Waals surface area contributed by atoms with Crippen molar-refractivity contribution in [3.8, 4) is 0 Å². The van der Waals surface area contributed by atoms with Crippen LogP contribution in [0, 0.1) is 5.41 Å². The lowest BCUT2D eigenvalue weighted by atomic mass is 9.80. The Morgan fingerprint density at radius 2 is 2.23 bits per heavy atom. The van der Waals surface area contributed by atoms with Gasteiger partial charge >= 0.3 is 5.97 Å². The fourth-order valence-corrected chi connectivity index (χ4v) is 4.46. The van der Waals surface area contributed by atoms with Crippen LogP contribution in [-0.2, 0) is 26.0 Å². The second kappa shape index (κ2) is 6.68. The number of sulfonamides is 1. The summed E-state index contributed by atoms with van der Waals surface area (Å²) in [4.78, 5) is 12.3. The number of carbonyl (C=O) groups is 1. The minimum atomic E-state index is -3.28. The number of rotatable bonds is 5. The SMILES string of the molecule is COC(=O)[C@@]1(Cc2cccc(Br)c2)CC[C@H](NS(C)(=O)=O)C1. The molecule has 122 valence electrons. The molecule has 5 nitrogen and oxygen atoms in total. The summed E-state index contributed by atoms with van der Waals surface area (Å²) in [5.74, 6) is -0.273. The number of esters is 1. The number of methoxy groups -OCH3 is 1. The largest absolute Gasteiger partial charge is 0.469 e. The molecule has 0 amide bonds. The van der Waals surface area contributed by atoms with Crippen LogP contribution in [0.4, 0.5) is 0 Å². The number of benzene rings is 1. The van der Waals surface area contributed by atoms with Gasteiger partial charge in [0.2, 0.25) is 10.0 Å². The van der Waals surface area contributed by atoms with Crippen LogP contribution in [-0.4, -0.2) is 33.8 Å². The molecule has 1 saturated carbocycles. The molecule has 2 atom stereocenters. The van der Waals surface area contributed by atoms with Gasteiger partial charge in [0, 0.05) is 10.5 Å². The maximum Gasteiger partial charge on any atom is 0.312 e. The van der Waals surface area contributed by atoms with Crippen molar-refractivity contribution in [2.45, 2.75) is 31.7 Å². The Morgan fingerprint density at radius 3 is 2.82 bits per heavy atom. The summed E-state index contributed by atoms with van der Waals surface area (Å²) in [5, 5.41) is 0. The van der Waals surface area contributed by atoms with Gasteiger partial charge in [-0.15, -0.1) is 0 Å². The highest BCUT2D eigenvalue weighted by Gasteiger charge is 2.46. The summed E-state index contributed by atoms with van der Waals surface area (Å²) in [5.41, 5.74) is 0.359. The van der Waals surface area contributed by atoms with Gasteiger partial charge in [0.15, 0.2) is 0 Å². The Morgan fingerprint density at radius 1 is 1.50 bits per heavy atom. The van der Waals surface area contributed by atoms with Crippen LogP contribution in [0.15, 0.2) is 28.7 Å². The van der Waals surface area contributed by atoms with Gasteiger partial charge in [-0.05, 0) is 43.4 Å². The van der Waals surface area contributed by atoms with E-state index in [2.05, 4.69) is 20.7 Å². The first-order chi connectivity index (χ1) is 10.2. The third kappa shape index (κ3) is 4.30. The summed E-state index contributed by atoms with van der Waals surface area (Å²) in [6.45, 7) is 0. The number of ether oxygens (including phenoxy) is 1. The van der Waals surface area contributed by atoms with E-state index in [4.69, 9.17) is 4.74 Å². The van der Waals surface area contributed by atoms with Crippen molar-refractivity contribution in [2.75, 3.05) is 13.4 Å². The van der Waals surface area contributed by atoms with E-state index in [1.165, 1.54) is 7.11 Å². The molecule has 2 rings (SSSR count). The van der Waals surface area contributed by atoms with Gasteiger partial charge in [-0.25, -0.2) is 13.1 Å². The molecule has 0 aliphatic heterocycles. The predicted molar refractivity (Wildman–Crippen MR) is 87.9 cm³/mol. The average molecular weight is 390 g/mol. The van der Waals surface area contributed by atoms with E-state index < -0.39 is 15.4 Å². The minimum absolute atomic E-state index is 0.221. The van der Waals surface area contributed by atoms with Crippen LogP contribution in [0.1, 0.15) is 24.8 Å². The number of halogens is 1. The van der Waals surface area contributed by atoms with Gasteiger partial charge in [0.25, 0.3) is 0 Å². The molecule has 1 fully saturated rings. The Hall–Kier alpha value is -0.920. The van der Waals surface area contributed by atoms with Crippen LogP contribution >= 0.6 is 15.9 Å². The molecule has 0 aromatic heterocycles. The third-order valence-corrected chi connectivity index (χ3v) is 5.29. The molecule has 0 saturated heterocycles. The lowest BCUT2D eigenvalue weighted by Gasteiger charge is -2.26. The smallest absolute Gasteiger partial charge is 0.312 e. The van der Waals surface area contributed by atoms with E-state index in [0.29, 0.717) is 25.7 Å². The molecule has 0 spiro atoms. The highest BCUT2D eigenvalue weighted by Crippen LogP contribution is 2.42. The lowest BCUT2D eigenvalue weighted by molar-refractivity contribution is -0.152. The van der Waals surface area contributed by atoms with Gasteiger partial charge in [0.1, 0.15) is 0 Å². The quantitative estimate of drug-likeness (QED) is 0.783. The van der Waals surface area contributed by atoms with Gasteiger partial charge < -0.3 is 4.74 Å². The molecular weight excluding hydrogens is 370 g/mol. The van der Waals surface area contributed by atoms with E-state index in [0.717, 1.165) is 16.3 Å². The lowest BCUT2D eigenvalue weighted by Crippen LogP contribution is -2.37. The first kappa shape index (κ1) is 17.4. The van der Waals surface area contributed by atoms with Crippen molar-refractivity contribution in [1.82, 2.24) is 4.72 Å². The number of carbonyl (C=O) groups excluding carboxylic acids is 1. The first-order valence-electron chi connectivity index (χ1n) is 7.04. The summed E-state index contributed by atoms with van der Waals surface area (Å²) in [6.07, 6.45) is 3.38. The van der Waals surface area contributed by atoms with Crippen molar-refractivity contribution in [3.05, 3.63) is 34.3 Å². The van der Waals surface area contributed by atoms with Gasteiger partial charge in [-0.1, -0.05) is 28.1 Å². The monoisotopic (exact) mass is 389 g/mol. The van der Waals surface area contributed by atoms with Crippen LogP contribution in [0.3, 0.4) is 0 Å². The number of hydrogen-bond donors (Lipinski definition) is 1. The van der Waals surface area contributed by atoms with Crippen LogP contribution < -0.4 is 4.72 Å². The van der Waals surface area contributed by atoms with E-state index in [1.54, 1.807) is 0 Å². The van der Waals surface area contributed by atoms with Crippen molar-refractivity contribution in [2.24, 2.45) is 5.41 Å². The first-order valence-corrected chi connectivity index (χ1v) is 9.73. The van der Waals surface area contributed by atoms with Gasteiger partial charge in [0.05, 0.1) is 18.8 Å². The molecule has 0 bridgehead atoms. The Kier molecular flexibility index (Phi) is 5.29. The molecule has 0 heterocycles. The minimum Gasteiger partial charge on any atom is -0.469 e. The fraction of sp³-hybridized carbons (Fsp3) is 0.533. The highest BCUT2D eigenvalue weighted by atomic mass is 79.9. The van der Waals surface area contributed by atoms with Crippen LogP contribution in [0.2, 0.25) is 0 Å². The molecule has 1 aliphatic carbocycles. The Bertz CT molecular complexity index is 661. The predicted octanol–water partition coefficient (Wildman–Crippen LogP) is 2.25. The Labute approximate surface area is 139 Å². The second-order valence-electron chi connectivity index (χ2n) is 5.91. The van der Waals surface area contributed by atoms with Crippen LogP contribution in [0.25, 0.3) is 0 Å². The average Bonchev–Trinajstić information content (AvgIpc) is 2.79. The zero-order valence-electron chi connectivity index (χ0n) is 12.6.